The zero-order valence-corrected chi connectivity index (χ0v) is 18.9. The molecule has 0 fully saturated rings. The highest BCUT2D eigenvalue weighted by Crippen LogP contribution is 2.22. The fourth-order valence-electron chi connectivity index (χ4n) is 4.13. The molecule has 2 unspecified atom stereocenters. The molecule has 0 aliphatic rings. The lowest BCUT2D eigenvalue weighted by atomic mass is 9.90. The zero-order valence-electron chi connectivity index (χ0n) is 18.9. The van der Waals surface area contributed by atoms with Crippen molar-refractivity contribution in [1.29, 1.82) is 0 Å². The lowest BCUT2D eigenvalue weighted by Crippen LogP contribution is -2.23. The number of aliphatic hydroxyl groups excluding tert-OH is 4. The van der Waals surface area contributed by atoms with Crippen molar-refractivity contribution in [3.05, 3.63) is 0 Å². The maximum atomic E-state index is 9.65. The van der Waals surface area contributed by atoms with Crippen LogP contribution in [0.5, 0.6) is 0 Å². The number of unbranched alkanes of at least 4 members (excludes halogenated alkanes) is 14. The standard InChI is InChI=1S/C24H51NO4/c25-17-15-13-11-9-7-5-3-1-2-4-6-8-10-12-14-16-22(18-23(28)20-26)19-24(29)21-27/h22-24,26-29H,1-21,25H2. The highest BCUT2D eigenvalue weighted by atomic mass is 16.3. The van der Waals surface area contributed by atoms with Gasteiger partial charge in [0.15, 0.2) is 0 Å². The Labute approximate surface area is 180 Å². The molecule has 0 amide bonds. The lowest BCUT2D eigenvalue weighted by Gasteiger charge is -2.21. The van der Waals surface area contributed by atoms with E-state index in [4.69, 9.17) is 15.9 Å². The SMILES string of the molecule is NCCCCCCCCCCCCCCCCCC(CC(O)CO)CC(O)CO. The molecule has 0 saturated heterocycles. The van der Waals surface area contributed by atoms with Gasteiger partial charge in [0.05, 0.1) is 25.4 Å². The molecule has 5 heteroatoms. The van der Waals surface area contributed by atoms with Crippen LogP contribution in [0.25, 0.3) is 0 Å². The predicted molar refractivity (Wildman–Crippen MR) is 122 cm³/mol. The Morgan fingerprint density at radius 1 is 0.483 bits per heavy atom. The summed E-state index contributed by atoms with van der Waals surface area (Å²) >= 11 is 0. The van der Waals surface area contributed by atoms with Crippen molar-refractivity contribution < 1.29 is 20.4 Å². The van der Waals surface area contributed by atoms with E-state index in [0.717, 1.165) is 19.4 Å². The van der Waals surface area contributed by atoms with Gasteiger partial charge in [-0.2, -0.15) is 0 Å². The van der Waals surface area contributed by atoms with Gasteiger partial charge in [-0.15, -0.1) is 0 Å². The Morgan fingerprint density at radius 3 is 1.10 bits per heavy atom. The summed E-state index contributed by atoms with van der Waals surface area (Å²) in [6, 6.07) is 0. The topological polar surface area (TPSA) is 107 Å². The first-order valence-electron chi connectivity index (χ1n) is 12.4. The molecule has 0 spiro atoms. The maximum absolute atomic E-state index is 9.65. The number of rotatable bonds is 23. The second kappa shape index (κ2) is 22.5. The Kier molecular flexibility index (Phi) is 22.3. The molecule has 0 radical (unpaired) electrons. The third-order valence-corrected chi connectivity index (χ3v) is 5.95. The van der Waals surface area contributed by atoms with E-state index in [-0.39, 0.29) is 19.1 Å². The van der Waals surface area contributed by atoms with Gasteiger partial charge < -0.3 is 26.2 Å². The van der Waals surface area contributed by atoms with Gasteiger partial charge in [-0.05, 0) is 31.7 Å². The maximum Gasteiger partial charge on any atom is 0.0773 e. The molecule has 176 valence electrons. The Morgan fingerprint density at radius 2 is 0.793 bits per heavy atom. The first-order chi connectivity index (χ1) is 14.1. The van der Waals surface area contributed by atoms with E-state index in [1.807, 2.05) is 0 Å². The van der Waals surface area contributed by atoms with Crippen LogP contribution < -0.4 is 5.73 Å². The summed E-state index contributed by atoms with van der Waals surface area (Å²) in [6.45, 7) is 0.366. The molecule has 29 heavy (non-hydrogen) atoms. The van der Waals surface area contributed by atoms with Crippen molar-refractivity contribution in [2.45, 2.75) is 128 Å². The summed E-state index contributed by atoms with van der Waals surface area (Å²) < 4.78 is 0. The van der Waals surface area contributed by atoms with E-state index in [9.17, 15) is 10.2 Å². The van der Waals surface area contributed by atoms with Crippen LogP contribution in [-0.4, -0.2) is 52.4 Å². The van der Waals surface area contributed by atoms with Crippen molar-refractivity contribution in [1.82, 2.24) is 0 Å². The number of hydrogen-bond donors (Lipinski definition) is 5. The van der Waals surface area contributed by atoms with Gasteiger partial charge >= 0.3 is 0 Å². The average molecular weight is 418 g/mol. The molecule has 6 N–H and O–H groups in total. The van der Waals surface area contributed by atoms with Crippen LogP contribution in [0.4, 0.5) is 0 Å². The molecule has 2 atom stereocenters. The zero-order chi connectivity index (χ0) is 21.6. The molecule has 0 aliphatic heterocycles. The lowest BCUT2D eigenvalue weighted by molar-refractivity contribution is 0.0418. The molecular weight excluding hydrogens is 366 g/mol. The Balaban J connectivity index is 3.45. The fourth-order valence-corrected chi connectivity index (χ4v) is 4.13. The number of nitrogens with two attached hydrogens (primary N) is 1. The first kappa shape index (κ1) is 28.8. The molecule has 0 aliphatic carbocycles. The van der Waals surface area contributed by atoms with Gasteiger partial charge in [0.25, 0.3) is 0 Å². The van der Waals surface area contributed by atoms with Crippen molar-refractivity contribution in [3.8, 4) is 0 Å². The number of aliphatic hydroxyl groups is 4. The van der Waals surface area contributed by atoms with E-state index < -0.39 is 12.2 Å². The summed E-state index contributed by atoms with van der Waals surface area (Å²) in [4.78, 5) is 0. The second-order valence-electron chi connectivity index (χ2n) is 8.89. The van der Waals surface area contributed by atoms with E-state index >= 15 is 0 Å². The van der Waals surface area contributed by atoms with Crippen LogP contribution in [-0.2, 0) is 0 Å². The minimum absolute atomic E-state index is 0.167. The molecule has 0 bridgehead atoms. The minimum Gasteiger partial charge on any atom is -0.394 e. The van der Waals surface area contributed by atoms with Crippen molar-refractivity contribution in [3.63, 3.8) is 0 Å². The highest BCUT2D eigenvalue weighted by Gasteiger charge is 2.17. The monoisotopic (exact) mass is 417 g/mol. The van der Waals surface area contributed by atoms with Gasteiger partial charge in [0.1, 0.15) is 0 Å². The summed E-state index contributed by atoms with van der Waals surface area (Å²) in [5.41, 5.74) is 5.50. The van der Waals surface area contributed by atoms with Crippen LogP contribution in [0, 0.1) is 5.92 Å². The third-order valence-electron chi connectivity index (χ3n) is 5.95. The highest BCUT2D eigenvalue weighted by molar-refractivity contribution is 4.69. The first-order valence-corrected chi connectivity index (χ1v) is 12.4. The van der Waals surface area contributed by atoms with Gasteiger partial charge in [-0.3, -0.25) is 0 Å². The van der Waals surface area contributed by atoms with Gasteiger partial charge in [-0.25, -0.2) is 0 Å². The van der Waals surface area contributed by atoms with Crippen LogP contribution in [0.1, 0.15) is 116 Å². The Hall–Kier alpha value is -0.200. The van der Waals surface area contributed by atoms with Gasteiger partial charge in [0.2, 0.25) is 0 Å². The molecule has 0 heterocycles. The van der Waals surface area contributed by atoms with E-state index in [1.54, 1.807) is 0 Å². The molecule has 0 saturated carbocycles. The molecule has 5 nitrogen and oxygen atoms in total. The normalized spacial score (nSPS) is 14.8. The number of hydrogen-bond acceptors (Lipinski definition) is 5. The van der Waals surface area contributed by atoms with Crippen molar-refractivity contribution in [2.24, 2.45) is 11.7 Å². The van der Waals surface area contributed by atoms with Crippen LogP contribution >= 0.6 is 0 Å². The third kappa shape index (κ3) is 20.8. The van der Waals surface area contributed by atoms with E-state index in [0.29, 0.717) is 12.8 Å². The predicted octanol–water partition coefficient (Wildman–Crippen LogP) is 4.29. The van der Waals surface area contributed by atoms with Gasteiger partial charge in [0, 0.05) is 0 Å². The molecule has 0 aromatic rings. The van der Waals surface area contributed by atoms with Crippen LogP contribution in [0.15, 0.2) is 0 Å². The van der Waals surface area contributed by atoms with Crippen molar-refractivity contribution in [2.75, 3.05) is 19.8 Å². The smallest absolute Gasteiger partial charge is 0.0773 e. The minimum atomic E-state index is -0.720. The summed E-state index contributed by atoms with van der Waals surface area (Å²) in [5, 5.41) is 37.3. The van der Waals surface area contributed by atoms with Crippen LogP contribution in [0.3, 0.4) is 0 Å². The quantitative estimate of drug-likeness (QED) is 0.159. The van der Waals surface area contributed by atoms with Crippen LogP contribution in [0.2, 0.25) is 0 Å². The van der Waals surface area contributed by atoms with E-state index in [2.05, 4.69) is 0 Å². The van der Waals surface area contributed by atoms with E-state index in [1.165, 1.54) is 89.9 Å². The average Bonchev–Trinajstić information content (AvgIpc) is 2.72. The van der Waals surface area contributed by atoms with Crippen molar-refractivity contribution >= 4 is 0 Å². The summed E-state index contributed by atoms with van der Waals surface area (Å²) in [7, 11) is 0. The fraction of sp³-hybridized carbons (Fsp3) is 1.00. The summed E-state index contributed by atoms with van der Waals surface area (Å²) in [6.07, 6.45) is 20.1. The van der Waals surface area contributed by atoms with Gasteiger partial charge in [-0.1, -0.05) is 96.3 Å². The molecule has 0 aromatic heterocycles. The summed E-state index contributed by atoms with van der Waals surface area (Å²) in [5.74, 6) is 0.167. The largest absolute Gasteiger partial charge is 0.394 e. The molecule has 0 rings (SSSR count). The second-order valence-corrected chi connectivity index (χ2v) is 8.89. The molecular formula is C24H51NO4. The Bertz CT molecular complexity index is 305. The molecule has 0 aromatic carbocycles.